The van der Waals surface area contributed by atoms with E-state index in [0.29, 0.717) is 13.0 Å². The molecule has 2 aliphatic rings. The van der Waals surface area contributed by atoms with Gasteiger partial charge in [0.2, 0.25) is 5.91 Å². The van der Waals surface area contributed by atoms with Gasteiger partial charge in [-0.3, -0.25) is 9.79 Å². The summed E-state index contributed by atoms with van der Waals surface area (Å²) >= 11 is 0. The van der Waals surface area contributed by atoms with Crippen molar-refractivity contribution in [2.24, 2.45) is 10.4 Å². The van der Waals surface area contributed by atoms with Gasteiger partial charge >= 0.3 is 0 Å². The molecule has 2 rings (SSSR count). The number of nitrogens with one attached hydrogen (secondary N) is 2. The summed E-state index contributed by atoms with van der Waals surface area (Å²) in [7, 11) is -1.44. The Morgan fingerprint density at radius 2 is 2.08 bits per heavy atom. The Bertz CT molecular complexity index is 615. The van der Waals surface area contributed by atoms with Crippen LogP contribution >= 0.6 is 24.0 Å². The molecule has 0 radical (unpaired) electrons. The second-order valence-corrected chi connectivity index (χ2v) is 10.7. The minimum absolute atomic E-state index is 0. The summed E-state index contributed by atoms with van der Waals surface area (Å²) in [6, 6.07) is 0. The lowest BCUT2D eigenvalue weighted by atomic mass is 9.79. The fourth-order valence-electron chi connectivity index (χ4n) is 3.36. The molecule has 2 fully saturated rings. The van der Waals surface area contributed by atoms with Gasteiger partial charge in [0.15, 0.2) is 15.8 Å². The predicted molar refractivity (Wildman–Crippen MR) is 111 cm³/mol. The Balaban J connectivity index is 0.00000312. The third-order valence-electron chi connectivity index (χ3n) is 4.96. The normalized spacial score (nSPS) is 24.9. The number of aliphatic imine (C=N–C) groups is 1. The maximum absolute atomic E-state index is 12.2. The smallest absolute Gasteiger partial charge is 0.220 e. The fourth-order valence-corrected chi connectivity index (χ4v) is 4.35. The van der Waals surface area contributed by atoms with Crippen molar-refractivity contribution in [2.45, 2.75) is 44.8 Å². The van der Waals surface area contributed by atoms with Crippen LogP contribution in [0.15, 0.2) is 4.99 Å². The molecule has 2 heterocycles. The van der Waals surface area contributed by atoms with E-state index in [2.05, 4.69) is 20.5 Å². The van der Waals surface area contributed by atoms with Crippen molar-refractivity contribution in [1.82, 2.24) is 15.5 Å². The highest BCUT2D eigenvalue weighted by molar-refractivity contribution is 14.0. The molecule has 1 unspecified atom stereocenters. The predicted octanol–water partition coefficient (Wildman–Crippen LogP) is 0.995. The van der Waals surface area contributed by atoms with E-state index in [4.69, 9.17) is 0 Å². The first-order chi connectivity index (χ1) is 11.1. The Labute approximate surface area is 168 Å². The van der Waals surface area contributed by atoms with E-state index in [0.717, 1.165) is 38.4 Å². The van der Waals surface area contributed by atoms with Gasteiger partial charge in [0.1, 0.15) is 0 Å². The zero-order valence-electron chi connectivity index (χ0n) is 15.6. The van der Waals surface area contributed by atoms with Crippen LogP contribution in [0.1, 0.15) is 40.0 Å². The van der Waals surface area contributed by atoms with Crippen molar-refractivity contribution in [2.75, 3.05) is 39.0 Å². The van der Waals surface area contributed by atoms with E-state index in [1.165, 1.54) is 0 Å². The van der Waals surface area contributed by atoms with Gasteiger partial charge in [-0.25, -0.2) is 8.42 Å². The standard InChI is InChI=1S/C16H30N4O3S.HI/c1-15(2,3)24(22,23)9-7-18-14(17-4)20-8-5-6-16(12-20)10-13(21)19-11-16;/h5-12H2,1-4H3,(H,17,18)(H,19,21);1H. The summed E-state index contributed by atoms with van der Waals surface area (Å²) in [4.78, 5) is 18.0. The minimum Gasteiger partial charge on any atom is -0.355 e. The number of piperidine rings is 1. The van der Waals surface area contributed by atoms with Crippen molar-refractivity contribution < 1.29 is 13.2 Å². The number of hydrogen-bond donors (Lipinski definition) is 2. The van der Waals surface area contributed by atoms with Crippen molar-refractivity contribution >= 4 is 45.7 Å². The van der Waals surface area contributed by atoms with Crippen LogP contribution in [-0.4, -0.2) is 68.9 Å². The Morgan fingerprint density at radius 1 is 1.40 bits per heavy atom. The number of halogens is 1. The number of carbonyl (C=O) groups excluding carboxylic acids is 1. The highest BCUT2D eigenvalue weighted by atomic mass is 127. The summed E-state index contributed by atoms with van der Waals surface area (Å²) in [5, 5.41) is 6.11. The average molecular weight is 486 g/mol. The van der Waals surface area contributed by atoms with Crippen LogP contribution in [-0.2, 0) is 14.6 Å². The third kappa shape index (κ3) is 5.45. The molecule has 1 atom stereocenters. The van der Waals surface area contributed by atoms with Crippen molar-refractivity contribution in [3.05, 3.63) is 0 Å². The fraction of sp³-hybridized carbons (Fsp3) is 0.875. The van der Waals surface area contributed by atoms with Gasteiger partial charge in [-0.1, -0.05) is 0 Å². The molecule has 2 N–H and O–H groups in total. The molecule has 146 valence electrons. The lowest BCUT2D eigenvalue weighted by molar-refractivity contribution is -0.119. The quantitative estimate of drug-likeness (QED) is 0.353. The minimum atomic E-state index is -3.15. The van der Waals surface area contributed by atoms with Crippen LogP contribution in [0.3, 0.4) is 0 Å². The molecule has 0 aromatic heterocycles. The molecule has 2 aliphatic heterocycles. The van der Waals surface area contributed by atoms with E-state index in [9.17, 15) is 13.2 Å². The lowest BCUT2D eigenvalue weighted by Crippen LogP contribution is -2.52. The number of carbonyl (C=O) groups is 1. The number of likely N-dealkylation sites (tertiary alicyclic amines) is 1. The summed E-state index contributed by atoms with van der Waals surface area (Å²) in [5.74, 6) is 0.919. The number of guanidine groups is 1. The zero-order chi connectivity index (χ0) is 18.0. The van der Waals surface area contributed by atoms with Crippen molar-refractivity contribution in [3.8, 4) is 0 Å². The highest BCUT2D eigenvalue weighted by Crippen LogP contribution is 2.35. The average Bonchev–Trinajstić information content (AvgIpc) is 2.83. The summed E-state index contributed by atoms with van der Waals surface area (Å²) in [6.45, 7) is 7.87. The number of hydrogen-bond acceptors (Lipinski definition) is 4. The van der Waals surface area contributed by atoms with Crippen molar-refractivity contribution in [1.29, 1.82) is 0 Å². The van der Waals surface area contributed by atoms with Gasteiger partial charge in [-0.2, -0.15) is 0 Å². The van der Waals surface area contributed by atoms with Gasteiger partial charge < -0.3 is 15.5 Å². The van der Waals surface area contributed by atoms with Crippen LogP contribution in [0.2, 0.25) is 0 Å². The second-order valence-electron chi connectivity index (χ2n) is 7.88. The molecule has 0 aromatic carbocycles. The van der Waals surface area contributed by atoms with E-state index in [1.807, 2.05) is 0 Å². The molecule has 9 heteroatoms. The Kier molecular flexibility index (Phi) is 7.55. The molecule has 2 saturated heterocycles. The Hall–Kier alpha value is -0.580. The van der Waals surface area contributed by atoms with Gasteiger partial charge in [-0.15, -0.1) is 24.0 Å². The zero-order valence-corrected chi connectivity index (χ0v) is 18.7. The van der Waals surface area contributed by atoms with Crippen LogP contribution in [0, 0.1) is 5.41 Å². The molecular formula is C16H31IN4O3S. The summed E-state index contributed by atoms with van der Waals surface area (Å²) in [6.07, 6.45) is 2.62. The first-order valence-electron chi connectivity index (χ1n) is 8.53. The van der Waals surface area contributed by atoms with Gasteiger partial charge in [0.05, 0.1) is 10.5 Å². The molecular weight excluding hydrogens is 455 g/mol. The maximum Gasteiger partial charge on any atom is 0.220 e. The first-order valence-corrected chi connectivity index (χ1v) is 10.2. The monoisotopic (exact) mass is 486 g/mol. The van der Waals surface area contributed by atoms with E-state index >= 15 is 0 Å². The third-order valence-corrected chi connectivity index (χ3v) is 7.56. The topological polar surface area (TPSA) is 90.9 Å². The first kappa shape index (κ1) is 22.5. The van der Waals surface area contributed by atoms with Crippen LogP contribution in [0.25, 0.3) is 0 Å². The number of nitrogens with zero attached hydrogens (tertiary/aromatic N) is 2. The van der Waals surface area contributed by atoms with Crippen LogP contribution < -0.4 is 10.6 Å². The van der Waals surface area contributed by atoms with E-state index < -0.39 is 14.6 Å². The van der Waals surface area contributed by atoms with E-state index in [1.54, 1.807) is 27.8 Å². The molecule has 1 amide bonds. The van der Waals surface area contributed by atoms with E-state index in [-0.39, 0.29) is 41.1 Å². The molecule has 1 spiro atoms. The summed E-state index contributed by atoms with van der Waals surface area (Å²) < 4.78 is 23.7. The number of rotatable bonds is 3. The molecule has 0 saturated carbocycles. The largest absolute Gasteiger partial charge is 0.355 e. The van der Waals surface area contributed by atoms with Crippen molar-refractivity contribution in [3.63, 3.8) is 0 Å². The molecule has 0 aromatic rings. The molecule has 7 nitrogen and oxygen atoms in total. The van der Waals surface area contributed by atoms with Crippen LogP contribution in [0.5, 0.6) is 0 Å². The summed E-state index contributed by atoms with van der Waals surface area (Å²) in [5.41, 5.74) is -0.00948. The lowest BCUT2D eigenvalue weighted by Gasteiger charge is -2.40. The molecule has 25 heavy (non-hydrogen) atoms. The van der Waals surface area contributed by atoms with Gasteiger partial charge in [0, 0.05) is 45.1 Å². The van der Waals surface area contributed by atoms with Crippen LogP contribution in [0.4, 0.5) is 0 Å². The number of amides is 1. The molecule has 0 aliphatic carbocycles. The maximum atomic E-state index is 12.2. The number of sulfone groups is 1. The Morgan fingerprint density at radius 3 is 2.60 bits per heavy atom. The second kappa shape index (κ2) is 8.41. The molecule has 0 bridgehead atoms. The highest BCUT2D eigenvalue weighted by Gasteiger charge is 2.42. The van der Waals surface area contributed by atoms with Gasteiger partial charge in [0.25, 0.3) is 0 Å². The SMILES string of the molecule is CN=C(NCCS(=O)(=O)C(C)(C)C)N1CCCC2(CNC(=O)C2)C1.I. The van der Waals surface area contributed by atoms with Gasteiger partial charge in [-0.05, 0) is 33.6 Å².